The molecule has 64 valence electrons. The van der Waals surface area contributed by atoms with Crippen molar-refractivity contribution in [3.05, 3.63) is 35.9 Å². The Morgan fingerprint density at radius 2 is 1.92 bits per heavy atom. The summed E-state index contributed by atoms with van der Waals surface area (Å²) in [4.78, 5) is 0. The molecule has 3 N–H and O–H groups in total. The van der Waals surface area contributed by atoms with Gasteiger partial charge in [-0.25, -0.2) is 0 Å². The zero-order chi connectivity index (χ0) is 8.39. The number of hydrogen-bond acceptors (Lipinski definition) is 2. The third-order valence-electron chi connectivity index (χ3n) is 2.49. The lowest BCUT2D eigenvalue weighted by Crippen LogP contribution is -2.27. The number of nitrogens with one attached hydrogen (secondary N) is 1. The summed E-state index contributed by atoms with van der Waals surface area (Å²) in [5.74, 6) is 0.506. The molecule has 0 saturated carbocycles. The van der Waals surface area contributed by atoms with Gasteiger partial charge in [0.1, 0.15) is 0 Å². The van der Waals surface area contributed by atoms with Gasteiger partial charge in [-0.05, 0) is 5.56 Å². The van der Waals surface area contributed by atoms with Crippen LogP contribution in [-0.4, -0.2) is 19.1 Å². The van der Waals surface area contributed by atoms with Crippen LogP contribution in [-0.2, 0) is 0 Å². The minimum atomic E-state index is 0.285. The Labute approximate surface area is 72.8 Å². The molecule has 1 aliphatic rings. The number of benzene rings is 1. The molecule has 1 aromatic carbocycles. The fourth-order valence-electron chi connectivity index (χ4n) is 1.76. The van der Waals surface area contributed by atoms with Crippen molar-refractivity contribution >= 4 is 0 Å². The Bertz CT molecular complexity index is 245. The van der Waals surface area contributed by atoms with E-state index in [1.165, 1.54) is 5.56 Å². The van der Waals surface area contributed by atoms with Gasteiger partial charge in [0.15, 0.2) is 0 Å². The van der Waals surface area contributed by atoms with Crippen LogP contribution in [0.25, 0.3) is 0 Å². The summed E-state index contributed by atoms with van der Waals surface area (Å²) in [6.45, 7) is 1.96. The predicted molar refractivity (Wildman–Crippen MR) is 50.0 cm³/mol. The summed E-state index contributed by atoms with van der Waals surface area (Å²) < 4.78 is 0. The van der Waals surface area contributed by atoms with Gasteiger partial charge in [-0.15, -0.1) is 0 Å². The van der Waals surface area contributed by atoms with E-state index in [4.69, 9.17) is 5.73 Å². The zero-order valence-electron chi connectivity index (χ0n) is 7.03. The fraction of sp³-hybridized carbons (Fsp3) is 0.400. The molecule has 12 heavy (non-hydrogen) atoms. The number of nitrogens with two attached hydrogens (primary N) is 1. The van der Waals surface area contributed by atoms with E-state index in [9.17, 15) is 0 Å². The smallest absolute Gasteiger partial charge is 0.0247 e. The van der Waals surface area contributed by atoms with Crippen molar-refractivity contribution in [3.63, 3.8) is 0 Å². The van der Waals surface area contributed by atoms with E-state index in [1.807, 2.05) is 6.07 Å². The molecule has 2 atom stereocenters. The molecule has 2 heteroatoms. The van der Waals surface area contributed by atoms with Crippen LogP contribution in [0.5, 0.6) is 0 Å². The average Bonchev–Trinajstić information content (AvgIpc) is 2.53. The summed E-state index contributed by atoms with van der Waals surface area (Å²) in [6, 6.07) is 10.8. The van der Waals surface area contributed by atoms with Crippen LogP contribution >= 0.6 is 0 Å². The van der Waals surface area contributed by atoms with E-state index in [2.05, 4.69) is 29.6 Å². The molecule has 2 rings (SSSR count). The molecule has 2 nitrogen and oxygen atoms in total. The van der Waals surface area contributed by atoms with Gasteiger partial charge in [0, 0.05) is 25.0 Å². The van der Waals surface area contributed by atoms with Crippen LogP contribution < -0.4 is 11.1 Å². The molecule has 1 heterocycles. The molecule has 0 aliphatic carbocycles. The van der Waals surface area contributed by atoms with Gasteiger partial charge in [0.05, 0.1) is 0 Å². The van der Waals surface area contributed by atoms with Crippen molar-refractivity contribution in [2.75, 3.05) is 13.1 Å². The van der Waals surface area contributed by atoms with E-state index in [-0.39, 0.29) is 6.04 Å². The summed E-state index contributed by atoms with van der Waals surface area (Å²) in [5, 5.41) is 3.30. The van der Waals surface area contributed by atoms with Crippen molar-refractivity contribution in [1.29, 1.82) is 0 Å². The Morgan fingerprint density at radius 1 is 1.17 bits per heavy atom. The summed E-state index contributed by atoms with van der Waals surface area (Å²) in [5.41, 5.74) is 7.30. The summed E-state index contributed by atoms with van der Waals surface area (Å²) in [6.07, 6.45) is 0. The monoisotopic (exact) mass is 162 g/mol. The van der Waals surface area contributed by atoms with Crippen LogP contribution in [0.15, 0.2) is 30.3 Å². The van der Waals surface area contributed by atoms with E-state index < -0.39 is 0 Å². The minimum absolute atomic E-state index is 0.285. The SMILES string of the molecule is N[C@@H]1CNC[C@H]1c1ccccc1. The number of hydrogen-bond donors (Lipinski definition) is 2. The molecule has 0 aromatic heterocycles. The maximum atomic E-state index is 5.95. The standard InChI is InChI=1S/C10H14N2/c11-10-7-12-6-9(10)8-4-2-1-3-5-8/h1-5,9-10,12H,6-7,11H2/t9-,10+/m0/s1. The molecule has 0 unspecified atom stereocenters. The largest absolute Gasteiger partial charge is 0.326 e. The van der Waals surface area contributed by atoms with Gasteiger partial charge in [0.25, 0.3) is 0 Å². The predicted octanol–water partition coefficient (Wildman–Crippen LogP) is 0.701. The van der Waals surface area contributed by atoms with Crippen LogP contribution in [0.3, 0.4) is 0 Å². The lowest BCUT2D eigenvalue weighted by Gasteiger charge is -2.13. The molecule has 1 fully saturated rings. The van der Waals surface area contributed by atoms with Gasteiger partial charge >= 0.3 is 0 Å². The molecule has 1 aromatic rings. The van der Waals surface area contributed by atoms with Crippen LogP contribution in [0.4, 0.5) is 0 Å². The van der Waals surface area contributed by atoms with E-state index >= 15 is 0 Å². The van der Waals surface area contributed by atoms with Crippen LogP contribution in [0.2, 0.25) is 0 Å². The molecule has 1 saturated heterocycles. The molecular weight excluding hydrogens is 148 g/mol. The first-order valence-electron chi connectivity index (χ1n) is 4.39. The van der Waals surface area contributed by atoms with Crippen molar-refractivity contribution in [3.8, 4) is 0 Å². The number of rotatable bonds is 1. The topological polar surface area (TPSA) is 38.0 Å². The molecular formula is C10H14N2. The highest BCUT2D eigenvalue weighted by molar-refractivity contribution is 5.23. The third kappa shape index (κ3) is 1.36. The normalized spacial score (nSPS) is 29.1. The quantitative estimate of drug-likeness (QED) is 0.638. The van der Waals surface area contributed by atoms with Gasteiger partial charge in [0.2, 0.25) is 0 Å². The first-order valence-corrected chi connectivity index (χ1v) is 4.39. The first kappa shape index (κ1) is 7.77. The van der Waals surface area contributed by atoms with Crippen LogP contribution in [0, 0.1) is 0 Å². The van der Waals surface area contributed by atoms with Crippen molar-refractivity contribution < 1.29 is 0 Å². The lowest BCUT2D eigenvalue weighted by molar-refractivity contribution is 0.653. The Balaban J connectivity index is 2.19. The van der Waals surface area contributed by atoms with Gasteiger partial charge in [-0.3, -0.25) is 0 Å². The molecule has 0 amide bonds. The Kier molecular flexibility index (Phi) is 2.11. The maximum absolute atomic E-state index is 5.95. The summed E-state index contributed by atoms with van der Waals surface area (Å²) >= 11 is 0. The highest BCUT2D eigenvalue weighted by atomic mass is 15.0. The Morgan fingerprint density at radius 3 is 2.50 bits per heavy atom. The molecule has 0 bridgehead atoms. The first-order chi connectivity index (χ1) is 5.88. The molecule has 1 aliphatic heterocycles. The summed E-state index contributed by atoms with van der Waals surface area (Å²) in [7, 11) is 0. The van der Waals surface area contributed by atoms with Gasteiger partial charge < -0.3 is 11.1 Å². The van der Waals surface area contributed by atoms with Crippen molar-refractivity contribution in [2.45, 2.75) is 12.0 Å². The fourth-order valence-corrected chi connectivity index (χ4v) is 1.76. The lowest BCUT2D eigenvalue weighted by atomic mass is 9.95. The second kappa shape index (κ2) is 3.25. The van der Waals surface area contributed by atoms with Gasteiger partial charge in [-0.2, -0.15) is 0 Å². The van der Waals surface area contributed by atoms with Crippen molar-refractivity contribution in [1.82, 2.24) is 5.32 Å². The molecule has 0 spiro atoms. The minimum Gasteiger partial charge on any atom is -0.326 e. The third-order valence-corrected chi connectivity index (χ3v) is 2.49. The highest BCUT2D eigenvalue weighted by Crippen LogP contribution is 2.20. The van der Waals surface area contributed by atoms with E-state index in [0.717, 1.165) is 13.1 Å². The Hall–Kier alpha value is -0.860. The molecule has 0 radical (unpaired) electrons. The highest BCUT2D eigenvalue weighted by Gasteiger charge is 2.24. The van der Waals surface area contributed by atoms with Crippen LogP contribution in [0.1, 0.15) is 11.5 Å². The van der Waals surface area contributed by atoms with E-state index in [1.54, 1.807) is 0 Å². The average molecular weight is 162 g/mol. The maximum Gasteiger partial charge on any atom is 0.0247 e. The van der Waals surface area contributed by atoms with E-state index in [0.29, 0.717) is 5.92 Å². The second-order valence-corrected chi connectivity index (χ2v) is 3.34. The second-order valence-electron chi connectivity index (χ2n) is 3.34. The zero-order valence-corrected chi connectivity index (χ0v) is 7.03. The van der Waals surface area contributed by atoms with Gasteiger partial charge in [-0.1, -0.05) is 30.3 Å². The van der Waals surface area contributed by atoms with Crippen molar-refractivity contribution in [2.24, 2.45) is 5.73 Å².